The van der Waals surface area contributed by atoms with Gasteiger partial charge in [-0.15, -0.1) is 0 Å². The minimum Gasteiger partial charge on any atom is -0.383 e. The van der Waals surface area contributed by atoms with E-state index in [0.29, 0.717) is 0 Å². The number of nitrogens with zero attached hydrogens (tertiary/aromatic N) is 2. The molecule has 0 spiro atoms. The van der Waals surface area contributed by atoms with Gasteiger partial charge in [0.15, 0.2) is 5.96 Å². The van der Waals surface area contributed by atoms with Crippen LogP contribution in [0.3, 0.4) is 0 Å². The van der Waals surface area contributed by atoms with Crippen LogP contribution in [-0.2, 0) is 11.3 Å². The van der Waals surface area contributed by atoms with Crippen LogP contribution in [0.2, 0.25) is 0 Å². The largest absolute Gasteiger partial charge is 0.383 e. The average molecular weight is 292 g/mol. The Morgan fingerprint density at radius 1 is 1.24 bits per heavy atom. The quantitative estimate of drug-likeness (QED) is 0.559. The third-order valence-electron chi connectivity index (χ3n) is 3.39. The van der Waals surface area contributed by atoms with Crippen LogP contribution in [0.4, 0.5) is 0 Å². The van der Waals surface area contributed by atoms with Gasteiger partial charge >= 0.3 is 0 Å². The summed E-state index contributed by atoms with van der Waals surface area (Å²) < 4.78 is 5.06. The van der Waals surface area contributed by atoms with Crippen LogP contribution in [0.15, 0.2) is 29.3 Å². The lowest BCUT2D eigenvalue weighted by molar-refractivity contribution is 0.162. The Morgan fingerprint density at radius 3 is 2.67 bits per heavy atom. The van der Waals surface area contributed by atoms with Crippen LogP contribution in [0.25, 0.3) is 0 Å². The standard InChI is InChI=1S/C16H28N4O/c1-14-7-5-6-8-15(14)13-19-16(17-2)18-9-10-20(3)11-12-21-4/h5-8H,9-13H2,1-4H3,(H2,17,18,19). The summed E-state index contributed by atoms with van der Waals surface area (Å²) in [5.41, 5.74) is 2.58. The lowest BCUT2D eigenvalue weighted by Gasteiger charge is -2.18. The number of nitrogens with one attached hydrogen (secondary N) is 2. The maximum absolute atomic E-state index is 5.06. The molecule has 0 aliphatic carbocycles. The minimum absolute atomic E-state index is 0.761. The van der Waals surface area contributed by atoms with Crippen LogP contribution < -0.4 is 10.6 Å². The summed E-state index contributed by atoms with van der Waals surface area (Å²) in [5, 5.41) is 6.66. The molecule has 2 N–H and O–H groups in total. The Bertz CT molecular complexity index is 434. The second-order valence-electron chi connectivity index (χ2n) is 5.08. The van der Waals surface area contributed by atoms with Crippen molar-refractivity contribution in [1.82, 2.24) is 15.5 Å². The molecule has 0 atom stereocenters. The number of hydrogen-bond donors (Lipinski definition) is 2. The van der Waals surface area contributed by atoms with Crippen molar-refractivity contribution in [3.63, 3.8) is 0 Å². The van der Waals surface area contributed by atoms with Crippen LogP contribution in [0, 0.1) is 6.92 Å². The molecule has 0 aliphatic rings. The molecule has 1 aromatic rings. The van der Waals surface area contributed by atoms with E-state index in [4.69, 9.17) is 4.74 Å². The third kappa shape index (κ3) is 7.11. The highest BCUT2D eigenvalue weighted by Crippen LogP contribution is 2.05. The number of methoxy groups -OCH3 is 1. The van der Waals surface area contributed by atoms with Crippen LogP contribution in [0.1, 0.15) is 11.1 Å². The molecule has 0 aromatic heterocycles. The maximum Gasteiger partial charge on any atom is 0.191 e. The van der Waals surface area contributed by atoms with E-state index in [2.05, 4.69) is 58.8 Å². The summed E-state index contributed by atoms with van der Waals surface area (Å²) in [4.78, 5) is 6.47. The van der Waals surface area contributed by atoms with Crippen molar-refractivity contribution in [1.29, 1.82) is 0 Å². The van der Waals surface area contributed by atoms with Gasteiger partial charge in [0.25, 0.3) is 0 Å². The molecule has 5 heteroatoms. The molecule has 0 heterocycles. The number of rotatable bonds is 8. The molecule has 0 saturated carbocycles. The fourth-order valence-electron chi connectivity index (χ4n) is 1.93. The predicted octanol–water partition coefficient (Wildman–Crippen LogP) is 1.24. The Kier molecular flexibility index (Phi) is 8.47. The number of aliphatic imine (C=N–C) groups is 1. The lowest BCUT2D eigenvalue weighted by atomic mass is 10.1. The first kappa shape index (κ1) is 17.5. The summed E-state index contributed by atoms with van der Waals surface area (Å²) >= 11 is 0. The molecule has 0 saturated heterocycles. The number of ether oxygens (including phenoxy) is 1. The van der Waals surface area contributed by atoms with Gasteiger partial charge in [0.2, 0.25) is 0 Å². The molecule has 0 radical (unpaired) electrons. The van der Waals surface area contributed by atoms with Crippen LogP contribution >= 0.6 is 0 Å². The Labute approximate surface area is 128 Å². The highest BCUT2D eigenvalue weighted by Gasteiger charge is 2.01. The first-order valence-electron chi connectivity index (χ1n) is 7.34. The molecule has 0 unspecified atom stereocenters. The minimum atomic E-state index is 0.761. The SMILES string of the molecule is CN=C(NCCN(C)CCOC)NCc1ccccc1C. The smallest absolute Gasteiger partial charge is 0.191 e. The van der Waals surface area contributed by atoms with Gasteiger partial charge in [0, 0.05) is 40.3 Å². The third-order valence-corrected chi connectivity index (χ3v) is 3.39. The average Bonchev–Trinajstić information content (AvgIpc) is 2.50. The monoisotopic (exact) mass is 292 g/mol. The van der Waals surface area contributed by atoms with E-state index < -0.39 is 0 Å². The van der Waals surface area contributed by atoms with E-state index >= 15 is 0 Å². The lowest BCUT2D eigenvalue weighted by Crippen LogP contribution is -2.41. The van der Waals surface area contributed by atoms with Crippen molar-refractivity contribution in [3.05, 3.63) is 35.4 Å². The Balaban J connectivity index is 2.28. The van der Waals surface area contributed by atoms with Crippen molar-refractivity contribution in [2.75, 3.05) is 47.4 Å². The summed E-state index contributed by atoms with van der Waals surface area (Å²) in [7, 11) is 5.61. The maximum atomic E-state index is 5.06. The molecule has 0 fully saturated rings. The van der Waals surface area contributed by atoms with E-state index in [-0.39, 0.29) is 0 Å². The van der Waals surface area contributed by atoms with E-state index in [1.165, 1.54) is 11.1 Å². The first-order chi connectivity index (χ1) is 10.2. The van der Waals surface area contributed by atoms with Gasteiger partial charge in [-0.25, -0.2) is 0 Å². The zero-order valence-corrected chi connectivity index (χ0v) is 13.6. The molecular formula is C16H28N4O. The van der Waals surface area contributed by atoms with E-state index in [9.17, 15) is 0 Å². The first-order valence-corrected chi connectivity index (χ1v) is 7.34. The molecule has 1 aromatic carbocycles. The fraction of sp³-hybridized carbons (Fsp3) is 0.562. The summed E-state index contributed by atoms with van der Waals surface area (Å²) in [6.07, 6.45) is 0. The zero-order chi connectivity index (χ0) is 15.5. The van der Waals surface area contributed by atoms with Crippen molar-refractivity contribution >= 4 is 5.96 Å². The second kappa shape index (κ2) is 10.2. The molecule has 0 amide bonds. The normalized spacial score (nSPS) is 11.8. The van der Waals surface area contributed by atoms with Crippen LogP contribution in [0.5, 0.6) is 0 Å². The van der Waals surface area contributed by atoms with Gasteiger partial charge < -0.3 is 20.3 Å². The highest BCUT2D eigenvalue weighted by molar-refractivity contribution is 5.79. The van der Waals surface area contributed by atoms with E-state index in [1.54, 1.807) is 14.2 Å². The van der Waals surface area contributed by atoms with Crippen molar-refractivity contribution in [2.45, 2.75) is 13.5 Å². The molecule has 5 nitrogen and oxygen atoms in total. The van der Waals surface area contributed by atoms with Crippen molar-refractivity contribution in [2.24, 2.45) is 4.99 Å². The highest BCUT2D eigenvalue weighted by atomic mass is 16.5. The molecule has 0 aliphatic heterocycles. The van der Waals surface area contributed by atoms with Crippen molar-refractivity contribution < 1.29 is 4.74 Å². The fourth-order valence-corrected chi connectivity index (χ4v) is 1.93. The molecular weight excluding hydrogens is 264 g/mol. The van der Waals surface area contributed by atoms with Gasteiger partial charge in [0.05, 0.1) is 6.61 Å². The topological polar surface area (TPSA) is 48.9 Å². The molecule has 0 bridgehead atoms. The molecule has 1 rings (SSSR count). The zero-order valence-electron chi connectivity index (χ0n) is 13.6. The predicted molar refractivity (Wildman–Crippen MR) is 88.8 cm³/mol. The van der Waals surface area contributed by atoms with Crippen molar-refractivity contribution in [3.8, 4) is 0 Å². The van der Waals surface area contributed by atoms with Gasteiger partial charge in [-0.1, -0.05) is 24.3 Å². The van der Waals surface area contributed by atoms with Gasteiger partial charge in [0.1, 0.15) is 0 Å². The van der Waals surface area contributed by atoms with Crippen LogP contribution in [-0.4, -0.2) is 58.3 Å². The summed E-state index contributed by atoms with van der Waals surface area (Å²) in [6, 6.07) is 8.37. The van der Waals surface area contributed by atoms with E-state index in [0.717, 1.165) is 38.7 Å². The molecule has 21 heavy (non-hydrogen) atoms. The number of aryl methyl sites for hydroxylation is 1. The van der Waals surface area contributed by atoms with E-state index in [1.807, 2.05) is 0 Å². The summed E-state index contributed by atoms with van der Waals surface area (Å²) in [5.74, 6) is 0.832. The number of hydrogen-bond acceptors (Lipinski definition) is 3. The number of benzene rings is 1. The Morgan fingerprint density at radius 2 is 2.00 bits per heavy atom. The van der Waals surface area contributed by atoms with Gasteiger partial charge in [-0.3, -0.25) is 4.99 Å². The number of guanidine groups is 1. The molecule has 118 valence electrons. The summed E-state index contributed by atoms with van der Waals surface area (Å²) in [6.45, 7) is 6.41. The van der Waals surface area contributed by atoms with Gasteiger partial charge in [-0.2, -0.15) is 0 Å². The van der Waals surface area contributed by atoms with Gasteiger partial charge in [-0.05, 0) is 25.1 Å². The number of likely N-dealkylation sites (N-methyl/N-ethyl adjacent to an activating group) is 1. The second-order valence-corrected chi connectivity index (χ2v) is 5.08. The Hall–Kier alpha value is -1.59.